The standard InChI is InChI=1S/C14H28N4/c1-10(2)8-18(11(3)4)14(12(5)15)13-7-16-17(6)9-13/h7,9-12,14H,8,15H2,1-6H3. The number of aromatic nitrogens is 2. The van der Waals surface area contributed by atoms with Crippen molar-refractivity contribution in [2.24, 2.45) is 18.7 Å². The molecule has 0 bridgehead atoms. The fourth-order valence-corrected chi connectivity index (χ4v) is 2.46. The van der Waals surface area contributed by atoms with Crippen LogP contribution in [0.2, 0.25) is 0 Å². The van der Waals surface area contributed by atoms with Crippen molar-refractivity contribution in [3.05, 3.63) is 18.0 Å². The summed E-state index contributed by atoms with van der Waals surface area (Å²) in [6.07, 6.45) is 4.01. The number of hydrogen-bond donors (Lipinski definition) is 1. The van der Waals surface area contributed by atoms with Crippen LogP contribution in [0.1, 0.15) is 46.2 Å². The van der Waals surface area contributed by atoms with E-state index in [0.29, 0.717) is 12.0 Å². The molecule has 0 aliphatic rings. The topological polar surface area (TPSA) is 47.1 Å². The van der Waals surface area contributed by atoms with Gasteiger partial charge in [-0.05, 0) is 26.7 Å². The van der Waals surface area contributed by atoms with E-state index in [4.69, 9.17) is 5.73 Å². The summed E-state index contributed by atoms with van der Waals surface area (Å²) in [5.41, 5.74) is 7.42. The van der Waals surface area contributed by atoms with E-state index in [1.807, 2.05) is 17.9 Å². The number of nitrogens with zero attached hydrogens (tertiary/aromatic N) is 3. The van der Waals surface area contributed by atoms with E-state index < -0.39 is 0 Å². The Kier molecular flexibility index (Phi) is 5.35. The van der Waals surface area contributed by atoms with Crippen LogP contribution in [0, 0.1) is 5.92 Å². The zero-order valence-electron chi connectivity index (χ0n) is 12.6. The predicted molar refractivity (Wildman–Crippen MR) is 76.3 cm³/mol. The summed E-state index contributed by atoms with van der Waals surface area (Å²) in [4.78, 5) is 2.48. The zero-order valence-corrected chi connectivity index (χ0v) is 12.6. The van der Waals surface area contributed by atoms with Gasteiger partial charge in [-0.25, -0.2) is 0 Å². The van der Waals surface area contributed by atoms with Crippen molar-refractivity contribution in [2.75, 3.05) is 6.54 Å². The minimum atomic E-state index is 0.0929. The molecule has 0 radical (unpaired) electrons. The Morgan fingerprint density at radius 3 is 2.22 bits per heavy atom. The first-order valence-corrected chi connectivity index (χ1v) is 6.82. The first-order valence-electron chi connectivity index (χ1n) is 6.82. The quantitative estimate of drug-likeness (QED) is 0.844. The molecule has 4 heteroatoms. The molecule has 0 aromatic carbocycles. The summed E-state index contributed by atoms with van der Waals surface area (Å²) in [5, 5.41) is 4.28. The van der Waals surface area contributed by atoms with Gasteiger partial charge in [0.25, 0.3) is 0 Å². The molecule has 0 saturated carbocycles. The number of hydrogen-bond acceptors (Lipinski definition) is 3. The van der Waals surface area contributed by atoms with Crippen LogP contribution < -0.4 is 5.73 Å². The maximum absolute atomic E-state index is 6.21. The summed E-state index contributed by atoms with van der Waals surface area (Å²) >= 11 is 0. The molecule has 2 unspecified atom stereocenters. The highest BCUT2D eigenvalue weighted by atomic mass is 15.3. The molecule has 0 fully saturated rings. The van der Waals surface area contributed by atoms with E-state index in [0.717, 1.165) is 6.54 Å². The van der Waals surface area contributed by atoms with Gasteiger partial charge in [0, 0.05) is 37.4 Å². The Labute approximate surface area is 111 Å². The Balaban J connectivity index is 3.01. The molecule has 0 amide bonds. The maximum Gasteiger partial charge on any atom is 0.0538 e. The minimum absolute atomic E-state index is 0.0929. The van der Waals surface area contributed by atoms with Crippen LogP contribution in [-0.2, 0) is 7.05 Å². The van der Waals surface area contributed by atoms with Crippen LogP contribution in [0.25, 0.3) is 0 Å². The van der Waals surface area contributed by atoms with Crippen molar-refractivity contribution in [3.63, 3.8) is 0 Å². The number of nitrogens with two attached hydrogens (primary N) is 1. The van der Waals surface area contributed by atoms with Gasteiger partial charge < -0.3 is 5.73 Å². The Bertz CT molecular complexity index is 354. The van der Waals surface area contributed by atoms with Crippen LogP contribution in [0.3, 0.4) is 0 Å². The van der Waals surface area contributed by atoms with Crippen molar-refractivity contribution in [2.45, 2.75) is 52.7 Å². The lowest BCUT2D eigenvalue weighted by atomic mass is 9.99. The van der Waals surface area contributed by atoms with Crippen LogP contribution in [-0.4, -0.2) is 33.3 Å². The molecule has 2 atom stereocenters. The lowest BCUT2D eigenvalue weighted by molar-refractivity contribution is 0.119. The fourth-order valence-electron chi connectivity index (χ4n) is 2.46. The van der Waals surface area contributed by atoms with Gasteiger partial charge in [-0.2, -0.15) is 5.10 Å². The molecule has 1 aromatic rings. The third-order valence-corrected chi connectivity index (χ3v) is 3.16. The van der Waals surface area contributed by atoms with Gasteiger partial charge in [0.2, 0.25) is 0 Å². The maximum atomic E-state index is 6.21. The van der Waals surface area contributed by atoms with E-state index >= 15 is 0 Å². The first-order chi connectivity index (χ1) is 8.32. The lowest BCUT2D eigenvalue weighted by Gasteiger charge is -2.38. The van der Waals surface area contributed by atoms with Gasteiger partial charge in [-0.3, -0.25) is 9.58 Å². The molecular formula is C14H28N4. The summed E-state index contributed by atoms with van der Waals surface area (Å²) in [7, 11) is 1.95. The number of aryl methyl sites for hydroxylation is 1. The van der Waals surface area contributed by atoms with E-state index in [1.165, 1.54) is 5.56 Å². The largest absolute Gasteiger partial charge is 0.326 e. The predicted octanol–water partition coefficient (Wildman–Crippen LogP) is 2.17. The minimum Gasteiger partial charge on any atom is -0.326 e. The third-order valence-electron chi connectivity index (χ3n) is 3.16. The monoisotopic (exact) mass is 252 g/mol. The second-order valence-electron chi connectivity index (χ2n) is 5.94. The molecule has 0 spiro atoms. The molecule has 1 rings (SSSR count). The van der Waals surface area contributed by atoms with Gasteiger partial charge in [0.15, 0.2) is 0 Å². The summed E-state index contributed by atoms with van der Waals surface area (Å²) in [6.45, 7) is 12.1. The average molecular weight is 252 g/mol. The smallest absolute Gasteiger partial charge is 0.0538 e. The van der Waals surface area contributed by atoms with Crippen molar-refractivity contribution >= 4 is 0 Å². The summed E-state index contributed by atoms with van der Waals surface area (Å²) in [6, 6.07) is 0.806. The van der Waals surface area contributed by atoms with E-state index in [1.54, 1.807) is 0 Å². The van der Waals surface area contributed by atoms with Crippen LogP contribution in [0.15, 0.2) is 12.4 Å². The lowest BCUT2D eigenvalue weighted by Crippen LogP contribution is -2.44. The normalized spacial score (nSPS) is 15.7. The molecule has 1 heterocycles. The highest BCUT2D eigenvalue weighted by Gasteiger charge is 2.27. The second-order valence-corrected chi connectivity index (χ2v) is 5.94. The van der Waals surface area contributed by atoms with Crippen molar-refractivity contribution in [1.82, 2.24) is 14.7 Å². The molecule has 0 aliphatic heterocycles. The van der Waals surface area contributed by atoms with Crippen molar-refractivity contribution in [3.8, 4) is 0 Å². The van der Waals surface area contributed by atoms with Gasteiger partial charge in [0.1, 0.15) is 0 Å². The van der Waals surface area contributed by atoms with Gasteiger partial charge in [0.05, 0.1) is 12.2 Å². The van der Waals surface area contributed by atoms with Gasteiger partial charge >= 0.3 is 0 Å². The summed E-state index contributed by atoms with van der Waals surface area (Å²) in [5.74, 6) is 0.630. The van der Waals surface area contributed by atoms with Crippen LogP contribution in [0.4, 0.5) is 0 Å². The molecule has 0 saturated heterocycles. The van der Waals surface area contributed by atoms with E-state index in [2.05, 4.69) is 50.8 Å². The second kappa shape index (κ2) is 6.34. The van der Waals surface area contributed by atoms with Crippen LogP contribution in [0.5, 0.6) is 0 Å². The van der Waals surface area contributed by atoms with Crippen molar-refractivity contribution < 1.29 is 0 Å². The summed E-state index contributed by atoms with van der Waals surface area (Å²) < 4.78 is 1.85. The number of rotatable bonds is 6. The highest BCUT2D eigenvalue weighted by Crippen LogP contribution is 2.26. The first kappa shape index (κ1) is 15.2. The van der Waals surface area contributed by atoms with Gasteiger partial charge in [-0.15, -0.1) is 0 Å². The average Bonchev–Trinajstić information content (AvgIpc) is 2.62. The fraction of sp³-hybridized carbons (Fsp3) is 0.786. The zero-order chi connectivity index (χ0) is 13.9. The van der Waals surface area contributed by atoms with Gasteiger partial charge in [-0.1, -0.05) is 13.8 Å². The Morgan fingerprint density at radius 1 is 1.28 bits per heavy atom. The molecule has 4 nitrogen and oxygen atoms in total. The molecular weight excluding hydrogens is 224 g/mol. The van der Waals surface area contributed by atoms with E-state index in [-0.39, 0.29) is 12.1 Å². The van der Waals surface area contributed by atoms with E-state index in [9.17, 15) is 0 Å². The highest BCUT2D eigenvalue weighted by molar-refractivity contribution is 5.13. The van der Waals surface area contributed by atoms with Crippen molar-refractivity contribution in [1.29, 1.82) is 0 Å². The molecule has 1 aromatic heterocycles. The molecule has 0 aliphatic carbocycles. The molecule has 18 heavy (non-hydrogen) atoms. The van der Waals surface area contributed by atoms with Crippen LogP contribution >= 0.6 is 0 Å². The molecule has 104 valence electrons. The molecule has 2 N–H and O–H groups in total. The Hall–Kier alpha value is -0.870. The SMILES string of the molecule is CC(C)CN(C(C)C)C(c1cnn(C)c1)C(C)N. The Morgan fingerprint density at radius 2 is 1.89 bits per heavy atom. The third kappa shape index (κ3) is 3.82.